The van der Waals surface area contributed by atoms with Crippen LogP contribution in [0.25, 0.3) is 10.9 Å². The summed E-state index contributed by atoms with van der Waals surface area (Å²) in [6.07, 6.45) is 3.45. The van der Waals surface area contributed by atoms with Crippen molar-refractivity contribution in [3.05, 3.63) is 71.7 Å². The lowest BCUT2D eigenvalue weighted by molar-refractivity contribution is -0.127. The molecule has 0 radical (unpaired) electrons. The van der Waals surface area contributed by atoms with Crippen molar-refractivity contribution in [3.8, 4) is 0 Å². The number of rotatable bonds is 8. The number of nitrogens with zero attached hydrogens (tertiary/aromatic N) is 2. The number of likely N-dealkylation sites (N-methyl/N-ethyl adjacent to an activating group) is 1. The average Bonchev–Trinajstić information content (AvgIpc) is 3.14. The SMILES string of the molecule is CN(C)C(=O)CN=C(NCCc1ccccc1)NCCc1c[nH]c2ccc(F)cc12. The molecule has 3 N–H and O–H groups in total. The van der Waals surface area contributed by atoms with Crippen LogP contribution in [0.2, 0.25) is 0 Å². The number of carbonyl (C=O) groups is 1. The van der Waals surface area contributed by atoms with Gasteiger partial charge in [-0.05, 0) is 42.2 Å². The first-order chi connectivity index (χ1) is 14.5. The Morgan fingerprint density at radius 2 is 1.80 bits per heavy atom. The second kappa shape index (κ2) is 10.4. The summed E-state index contributed by atoms with van der Waals surface area (Å²) < 4.78 is 13.6. The molecule has 7 heteroatoms. The van der Waals surface area contributed by atoms with Crippen LogP contribution in [-0.4, -0.2) is 55.5 Å². The van der Waals surface area contributed by atoms with E-state index in [4.69, 9.17) is 0 Å². The van der Waals surface area contributed by atoms with Gasteiger partial charge in [0, 0.05) is 44.3 Å². The summed E-state index contributed by atoms with van der Waals surface area (Å²) in [4.78, 5) is 21.0. The number of hydrogen-bond acceptors (Lipinski definition) is 2. The van der Waals surface area contributed by atoms with Crippen molar-refractivity contribution >= 4 is 22.8 Å². The standard InChI is InChI=1S/C23H28FN5O/c1-29(2)22(30)16-28-23(25-12-10-17-6-4-3-5-7-17)26-13-11-18-15-27-21-9-8-19(24)14-20(18)21/h3-9,14-15,27H,10-13,16H2,1-2H3,(H2,25,26,28). The van der Waals surface area contributed by atoms with Gasteiger partial charge in [-0.1, -0.05) is 30.3 Å². The van der Waals surface area contributed by atoms with E-state index in [1.54, 1.807) is 26.2 Å². The highest BCUT2D eigenvalue weighted by Crippen LogP contribution is 2.19. The largest absolute Gasteiger partial charge is 0.361 e. The molecule has 3 aromatic rings. The summed E-state index contributed by atoms with van der Waals surface area (Å²) in [6, 6.07) is 14.9. The van der Waals surface area contributed by atoms with Gasteiger partial charge < -0.3 is 20.5 Å². The van der Waals surface area contributed by atoms with Gasteiger partial charge in [-0.2, -0.15) is 0 Å². The molecule has 30 heavy (non-hydrogen) atoms. The first-order valence-corrected chi connectivity index (χ1v) is 10.0. The van der Waals surface area contributed by atoms with Crippen LogP contribution in [0.5, 0.6) is 0 Å². The van der Waals surface area contributed by atoms with E-state index in [0.717, 1.165) is 22.9 Å². The fourth-order valence-corrected chi connectivity index (χ4v) is 3.11. The predicted octanol–water partition coefficient (Wildman–Crippen LogP) is 2.72. The van der Waals surface area contributed by atoms with Crippen LogP contribution in [0.1, 0.15) is 11.1 Å². The fraction of sp³-hybridized carbons (Fsp3) is 0.304. The van der Waals surface area contributed by atoms with E-state index >= 15 is 0 Å². The van der Waals surface area contributed by atoms with Crippen molar-refractivity contribution in [2.24, 2.45) is 4.99 Å². The number of aliphatic imine (C=N–C) groups is 1. The van der Waals surface area contributed by atoms with Gasteiger partial charge in [0.05, 0.1) is 0 Å². The molecule has 0 aliphatic rings. The molecule has 0 bridgehead atoms. The van der Waals surface area contributed by atoms with Gasteiger partial charge in [0.2, 0.25) is 5.91 Å². The van der Waals surface area contributed by atoms with Crippen LogP contribution in [0.3, 0.4) is 0 Å². The average molecular weight is 410 g/mol. The topological polar surface area (TPSA) is 72.5 Å². The van der Waals surface area contributed by atoms with Gasteiger partial charge in [0.25, 0.3) is 0 Å². The maximum absolute atomic E-state index is 13.6. The Balaban J connectivity index is 1.58. The number of amides is 1. The minimum atomic E-state index is -0.247. The molecule has 0 aliphatic heterocycles. The Hall–Kier alpha value is -3.35. The van der Waals surface area contributed by atoms with Crippen molar-refractivity contribution in [1.82, 2.24) is 20.5 Å². The number of carbonyl (C=O) groups excluding carboxylic acids is 1. The van der Waals surface area contributed by atoms with Crippen molar-refractivity contribution in [1.29, 1.82) is 0 Å². The molecule has 1 amide bonds. The number of benzene rings is 2. The highest BCUT2D eigenvalue weighted by molar-refractivity contribution is 5.85. The molecule has 0 saturated carbocycles. The quantitative estimate of drug-likeness (QED) is 0.396. The second-order valence-electron chi connectivity index (χ2n) is 7.30. The van der Waals surface area contributed by atoms with Crippen LogP contribution < -0.4 is 10.6 Å². The number of aromatic nitrogens is 1. The zero-order valence-electron chi connectivity index (χ0n) is 17.4. The number of hydrogen-bond donors (Lipinski definition) is 3. The highest BCUT2D eigenvalue weighted by Gasteiger charge is 2.07. The van der Waals surface area contributed by atoms with Crippen molar-refractivity contribution in [3.63, 3.8) is 0 Å². The molecule has 1 aromatic heterocycles. The number of guanidine groups is 1. The summed E-state index contributed by atoms with van der Waals surface area (Å²) in [6.45, 7) is 1.38. The Kier molecular flexibility index (Phi) is 7.43. The Labute approximate surface area is 176 Å². The molecule has 0 aliphatic carbocycles. The van der Waals surface area contributed by atoms with Crippen LogP contribution in [-0.2, 0) is 17.6 Å². The number of nitrogens with one attached hydrogen (secondary N) is 3. The minimum Gasteiger partial charge on any atom is -0.361 e. The van der Waals surface area contributed by atoms with E-state index in [1.807, 2.05) is 24.4 Å². The van der Waals surface area contributed by atoms with Crippen LogP contribution in [0.4, 0.5) is 4.39 Å². The zero-order valence-corrected chi connectivity index (χ0v) is 17.4. The zero-order chi connectivity index (χ0) is 21.3. The predicted molar refractivity (Wildman–Crippen MR) is 119 cm³/mol. The highest BCUT2D eigenvalue weighted by atomic mass is 19.1. The number of H-pyrrole nitrogens is 1. The monoisotopic (exact) mass is 409 g/mol. The van der Waals surface area contributed by atoms with Crippen molar-refractivity contribution in [2.45, 2.75) is 12.8 Å². The Morgan fingerprint density at radius 1 is 1.07 bits per heavy atom. The third-order valence-corrected chi connectivity index (χ3v) is 4.84. The van der Waals surface area contributed by atoms with Crippen LogP contribution in [0, 0.1) is 5.82 Å². The van der Waals surface area contributed by atoms with Crippen LogP contribution in [0.15, 0.2) is 59.7 Å². The molecule has 3 rings (SSSR count). The molecule has 0 unspecified atom stereocenters. The van der Waals surface area contributed by atoms with E-state index in [9.17, 15) is 9.18 Å². The fourth-order valence-electron chi connectivity index (χ4n) is 3.11. The van der Waals surface area contributed by atoms with Crippen molar-refractivity contribution < 1.29 is 9.18 Å². The number of fused-ring (bicyclic) bond motifs is 1. The smallest absolute Gasteiger partial charge is 0.243 e. The first-order valence-electron chi connectivity index (χ1n) is 10.0. The lowest BCUT2D eigenvalue weighted by Gasteiger charge is -2.14. The van der Waals surface area contributed by atoms with Gasteiger partial charge in [0.1, 0.15) is 12.4 Å². The summed E-state index contributed by atoms with van der Waals surface area (Å²) >= 11 is 0. The second-order valence-corrected chi connectivity index (χ2v) is 7.30. The molecule has 0 fully saturated rings. The molecule has 0 saturated heterocycles. The Bertz CT molecular complexity index is 997. The number of halogens is 1. The molecular formula is C23H28FN5O. The van der Waals surface area contributed by atoms with E-state index in [1.165, 1.54) is 16.5 Å². The van der Waals surface area contributed by atoms with Gasteiger partial charge >= 0.3 is 0 Å². The van der Waals surface area contributed by atoms with Gasteiger partial charge in [-0.25, -0.2) is 9.38 Å². The maximum atomic E-state index is 13.6. The molecule has 1 heterocycles. The summed E-state index contributed by atoms with van der Waals surface area (Å²) in [5.41, 5.74) is 3.18. The molecule has 0 spiro atoms. The third kappa shape index (κ3) is 6.07. The molecule has 6 nitrogen and oxygen atoms in total. The van der Waals surface area contributed by atoms with Gasteiger partial charge in [-0.15, -0.1) is 0 Å². The summed E-state index contributed by atoms with van der Waals surface area (Å²) in [5, 5.41) is 7.45. The Morgan fingerprint density at radius 3 is 2.53 bits per heavy atom. The number of aromatic amines is 1. The molecule has 0 atom stereocenters. The summed E-state index contributed by atoms with van der Waals surface area (Å²) in [5.74, 6) is 0.279. The van der Waals surface area contributed by atoms with Crippen molar-refractivity contribution in [2.75, 3.05) is 33.7 Å². The maximum Gasteiger partial charge on any atom is 0.243 e. The molecular weight excluding hydrogens is 381 g/mol. The van der Waals surface area contributed by atoms with E-state index < -0.39 is 0 Å². The summed E-state index contributed by atoms with van der Waals surface area (Å²) in [7, 11) is 3.42. The lowest BCUT2D eigenvalue weighted by atomic mass is 10.1. The first kappa shape index (κ1) is 21.4. The molecule has 158 valence electrons. The van der Waals surface area contributed by atoms with E-state index in [0.29, 0.717) is 25.5 Å². The minimum absolute atomic E-state index is 0.0636. The third-order valence-electron chi connectivity index (χ3n) is 4.84. The van der Waals surface area contributed by atoms with Gasteiger partial charge in [0.15, 0.2) is 5.96 Å². The normalized spacial score (nSPS) is 11.5. The lowest BCUT2D eigenvalue weighted by Crippen LogP contribution is -2.40. The van der Waals surface area contributed by atoms with E-state index in [-0.39, 0.29) is 18.3 Å². The van der Waals surface area contributed by atoms with Gasteiger partial charge in [-0.3, -0.25) is 4.79 Å². The van der Waals surface area contributed by atoms with Crippen LogP contribution >= 0.6 is 0 Å². The van der Waals surface area contributed by atoms with E-state index in [2.05, 4.69) is 32.7 Å². The molecule has 2 aromatic carbocycles.